The number of carbonyl (C=O) groups excluding carboxylic acids is 2. The van der Waals surface area contributed by atoms with Gasteiger partial charge in [-0.15, -0.1) is 0 Å². The maximum atomic E-state index is 12.3. The van der Waals surface area contributed by atoms with Crippen LogP contribution >= 0.6 is 0 Å². The number of methoxy groups -OCH3 is 1. The van der Waals surface area contributed by atoms with Crippen molar-refractivity contribution >= 4 is 17.6 Å². The number of nitrogens with zero attached hydrogens (tertiary/aromatic N) is 1. The molecule has 1 aromatic carbocycles. The lowest BCUT2D eigenvalue weighted by Gasteiger charge is -2.17. The largest absolute Gasteiger partial charge is 0.495 e. The minimum Gasteiger partial charge on any atom is -0.495 e. The van der Waals surface area contributed by atoms with E-state index in [2.05, 4.69) is 10.3 Å². The number of ether oxygens (including phenoxy) is 2. The summed E-state index contributed by atoms with van der Waals surface area (Å²) in [4.78, 5) is 28.2. The first kappa shape index (κ1) is 16.5. The third kappa shape index (κ3) is 4.29. The van der Waals surface area contributed by atoms with E-state index in [1.807, 2.05) is 0 Å². The zero-order valence-electron chi connectivity index (χ0n) is 13.0. The Balaban J connectivity index is 2.05. The second kappa shape index (κ2) is 7.93. The standard InChI is InChI=1S/C17H18N2O4/c1-3-14(23-17(21)12-8-10-18-11-9-12)16(20)19-13-6-4-5-7-15(13)22-2/h4-11,14H,3H2,1-2H3,(H,19,20). The summed E-state index contributed by atoms with van der Waals surface area (Å²) >= 11 is 0. The van der Waals surface area contributed by atoms with Crippen LogP contribution in [0.5, 0.6) is 5.75 Å². The highest BCUT2D eigenvalue weighted by Crippen LogP contribution is 2.23. The van der Waals surface area contributed by atoms with Gasteiger partial charge in [0.15, 0.2) is 6.10 Å². The number of rotatable bonds is 6. The number of benzene rings is 1. The van der Waals surface area contributed by atoms with Crippen molar-refractivity contribution in [1.29, 1.82) is 0 Å². The van der Waals surface area contributed by atoms with E-state index < -0.39 is 18.0 Å². The fourth-order valence-electron chi connectivity index (χ4n) is 1.97. The Hall–Kier alpha value is -2.89. The summed E-state index contributed by atoms with van der Waals surface area (Å²) in [5.41, 5.74) is 0.877. The van der Waals surface area contributed by atoms with E-state index in [-0.39, 0.29) is 0 Å². The second-order valence-corrected chi connectivity index (χ2v) is 4.73. The van der Waals surface area contributed by atoms with Gasteiger partial charge in [0.2, 0.25) is 0 Å². The Bertz CT molecular complexity index is 673. The van der Waals surface area contributed by atoms with E-state index >= 15 is 0 Å². The maximum absolute atomic E-state index is 12.3. The van der Waals surface area contributed by atoms with Gasteiger partial charge in [-0.3, -0.25) is 9.78 Å². The number of nitrogens with one attached hydrogen (secondary N) is 1. The molecule has 1 heterocycles. The van der Waals surface area contributed by atoms with Crippen LogP contribution in [-0.4, -0.2) is 30.1 Å². The van der Waals surface area contributed by atoms with Crippen molar-refractivity contribution in [2.75, 3.05) is 12.4 Å². The third-order valence-electron chi connectivity index (χ3n) is 3.19. The van der Waals surface area contributed by atoms with Crippen molar-refractivity contribution < 1.29 is 19.1 Å². The van der Waals surface area contributed by atoms with Crippen LogP contribution in [0.3, 0.4) is 0 Å². The van der Waals surface area contributed by atoms with Gasteiger partial charge in [-0.1, -0.05) is 19.1 Å². The number of amides is 1. The molecule has 0 saturated carbocycles. The quantitative estimate of drug-likeness (QED) is 0.829. The number of hydrogen-bond acceptors (Lipinski definition) is 5. The van der Waals surface area contributed by atoms with Crippen molar-refractivity contribution in [2.45, 2.75) is 19.4 Å². The van der Waals surface area contributed by atoms with Crippen LogP contribution in [0.25, 0.3) is 0 Å². The molecule has 1 N–H and O–H groups in total. The lowest BCUT2D eigenvalue weighted by Crippen LogP contribution is -2.32. The summed E-state index contributed by atoms with van der Waals surface area (Å²) < 4.78 is 10.5. The molecule has 1 unspecified atom stereocenters. The van der Waals surface area contributed by atoms with Crippen molar-refractivity contribution in [1.82, 2.24) is 4.98 Å². The van der Waals surface area contributed by atoms with Crippen LogP contribution < -0.4 is 10.1 Å². The van der Waals surface area contributed by atoms with E-state index in [0.717, 1.165) is 0 Å². The van der Waals surface area contributed by atoms with Gasteiger partial charge in [0.25, 0.3) is 5.91 Å². The predicted molar refractivity (Wildman–Crippen MR) is 85.4 cm³/mol. The van der Waals surface area contributed by atoms with Crippen LogP contribution in [0.4, 0.5) is 5.69 Å². The van der Waals surface area contributed by atoms with Crippen LogP contribution in [0, 0.1) is 0 Å². The number of aromatic nitrogens is 1. The summed E-state index contributed by atoms with van der Waals surface area (Å²) in [6, 6.07) is 10.1. The molecule has 6 heteroatoms. The molecule has 1 atom stereocenters. The van der Waals surface area contributed by atoms with Gasteiger partial charge in [-0.2, -0.15) is 0 Å². The molecule has 0 fully saturated rings. The fraction of sp³-hybridized carbons (Fsp3) is 0.235. The molecular formula is C17H18N2O4. The fourth-order valence-corrected chi connectivity index (χ4v) is 1.97. The van der Waals surface area contributed by atoms with Crippen LogP contribution in [0.15, 0.2) is 48.8 Å². The molecule has 0 aliphatic heterocycles. The number of esters is 1. The molecule has 0 saturated heterocycles. The van der Waals surface area contributed by atoms with E-state index in [1.165, 1.54) is 31.6 Å². The average molecular weight is 314 g/mol. The zero-order valence-corrected chi connectivity index (χ0v) is 13.0. The van der Waals surface area contributed by atoms with Crippen molar-refractivity contribution in [3.8, 4) is 5.75 Å². The molecule has 0 radical (unpaired) electrons. The second-order valence-electron chi connectivity index (χ2n) is 4.73. The van der Waals surface area contributed by atoms with Crippen LogP contribution in [0.2, 0.25) is 0 Å². The Morgan fingerprint density at radius 2 is 1.87 bits per heavy atom. The minimum absolute atomic E-state index is 0.351. The van der Waals surface area contributed by atoms with Gasteiger partial charge in [0.1, 0.15) is 5.75 Å². The van der Waals surface area contributed by atoms with Gasteiger partial charge in [0, 0.05) is 12.4 Å². The summed E-state index contributed by atoms with van der Waals surface area (Å²) in [6.07, 6.45) is 2.46. The lowest BCUT2D eigenvalue weighted by atomic mass is 10.2. The molecule has 6 nitrogen and oxygen atoms in total. The molecule has 120 valence electrons. The molecule has 0 spiro atoms. The average Bonchev–Trinajstić information content (AvgIpc) is 2.60. The Kier molecular flexibility index (Phi) is 5.68. The van der Waals surface area contributed by atoms with E-state index in [1.54, 1.807) is 31.2 Å². The van der Waals surface area contributed by atoms with Gasteiger partial charge in [-0.05, 0) is 30.7 Å². The highest BCUT2D eigenvalue weighted by Gasteiger charge is 2.22. The van der Waals surface area contributed by atoms with Crippen LogP contribution in [0.1, 0.15) is 23.7 Å². The number of para-hydroxylation sites is 2. The van der Waals surface area contributed by atoms with Crippen LogP contribution in [-0.2, 0) is 9.53 Å². The number of hydrogen-bond donors (Lipinski definition) is 1. The highest BCUT2D eigenvalue weighted by atomic mass is 16.5. The van der Waals surface area contributed by atoms with Gasteiger partial charge in [0.05, 0.1) is 18.4 Å². The Labute approximate surface area is 134 Å². The summed E-state index contributed by atoms with van der Waals surface area (Å²) in [5, 5.41) is 2.72. The first-order valence-corrected chi connectivity index (χ1v) is 7.20. The minimum atomic E-state index is -0.888. The smallest absolute Gasteiger partial charge is 0.339 e. The summed E-state index contributed by atoms with van der Waals surface area (Å²) in [7, 11) is 1.52. The summed E-state index contributed by atoms with van der Waals surface area (Å²) in [5.74, 6) is -0.426. The lowest BCUT2D eigenvalue weighted by molar-refractivity contribution is -0.124. The molecule has 1 aromatic heterocycles. The maximum Gasteiger partial charge on any atom is 0.339 e. The molecule has 2 rings (SSSR count). The molecule has 0 aliphatic rings. The van der Waals surface area contributed by atoms with E-state index in [9.17, 15) is 9.59 Å². The predicted octanol–water partition coefficient (Wildman–Crippen LogP) is 2.66. The van der Waals surface area contributed by atoms with Crippen molar-refractivity contribution in [2.24, 2.45) is 0 Å². The van der Waals surface area contributed by atoms with Gasteiger partial charge < -0.3 is 14.8 Å². The first-order chi connectivity index (χ1) is 11.2. The third-order valence-corrected chi connectivity index (χ3v) is 3.19. The van der Waals surface area contributed by atoms with E-state index in [4.69, 9.17) is 9.47 Å². The van der Waals surface area contributed by atoms with Crippen molar-refractivity contribution in [3.63, 3.8) is 0 Å². The molecule has 23 heavy (non-hydrogen) atoms. The van der Waals surface area contributed by atoms with Gasteiger partial charge in [-0.25, -0.2) is 4.79 Å². The highest BCUT2D eigenvalue weighted by molar-refractivity contribution is 5.98. The number of carbonyl (C=O) groups is 2. The zero-order chi connectivity index (χ0) is 16.7. The Morgan fingerprint density at radius 1 is 1.17 bits per heavy atom. The summed E-state index contributed by atoms with van der Waals surface area (Å²) in [6.45, 7) is 1.77. The number of anilines is 1. The molecule has 2 aromatic rings. The monoisotopic (exact) mass is 314 g/mol. The Morgan fingerprint density at radius 3 is 2.52 bits per heavy atom. The first-order valence-electron chi connectivity index (χ1n) is 7.20. The van der Waals surface area contributed by atoms with E-state index in [0.29, 0.717) is 23.4 Å². The SMILES string of the molecule is CCC(OC(=O)c1ccncc1)C(=O)Nc1ccccc1OC. The topological polar surface area (TPSA) is 77.5 Å². The van der Waals surface area contributed by atoms with Crippen molar-refractivity contribution in [3.05, 3.63) is 54.4 Å². The number of pyridine rings is 1. The molecule has 0 aliphatic carbocycles. The normalized spacial score (nSPS) is 11.4. The molecule has 0 bridgehead atoms. The van der Waals surface area contributed by atoms with Gasteiger partial charge >= 0.3 is 5.97 Å². The molecular weight excluding hydrogens is 296 g/mol. The molecule has 1 amide bonds.